The molecule has 1 saturated carbocycles. The number of aliphatic hydroxyl groups is 1. The smallest absolute Gasteiger partial charge is 0.188 e. The number of halogens is 1. The fraction of sp³-hybridized carbons (Fsp3) is 0.250. The molecule has 0 amide bonds. The molecule has 3 N–H and O–H groups in total. The van der Waals surface area contributed by atoms with Gasteiger partial charge in [0.2, 0.25) is 0 Å². The Morgan fingerprint density at radius 3 is 2.71 bits per heavy atom. The number of anilines is 2. The highest BCUT2D eigenvalue weighted by atomic mass is 19.1. The SMILES string of the molecule is Cc1cc(Nc2nc(C(O)(c3ccc(F)cc3)C3CC3)nn3cccc23)n[nH]1. The van der Waals surface area contributed by atoms with E-state index in [4.69, 9.17) is 0 Å². The van der Waals surface area contributed by atoms with Crippen molar-refractivity contribution in [1.29, 1.82) is 0 Å². The molecule has 0 bridgehead atoms. The summed E-state index contributed by atoms with van der Waals surface area (Å²) in [5.74, 6) is 1.09. The largest absolute Gasteiger partial charge is 0.377 e. The van der Waals surface area contributed by atoms with E-state index in [2.05, 4.69) is 25.6 Å². The van der Waals surface area contributed by atoms with Crippen molar-refractivity contribution in [2.45, 2.75) is 25.4 Å². The highest BCUT2D eigenvalue weighted by molar-refractivity contribution is 5.72. The zero-order valence-corrected chi connectivity index (χ0v) is 15.2. The van der Waals surface area contributed by atoms with E-state index in [1.54, 1.807) is 22.8 Å². The van der Waals surface area contributed by atoms with Gasteiger partial charge in [-0.15, -0.1) is 5.10 Å². The van der Waals surface area contributed by atoms with Crippen LogP contribution >= 0.6 is 0 Å². The molecule has 8 heteroatoms. The topological polar surface area (TPSA) is 91.1 Å². The van der Waals surface area contributed by atoms with Gasteiger partial charge < -0.3 is 10.4 Å². The summed E-state index contributed by atoms with van der Waals surface area (Å²) in [6, 6.07) is 11.5. The molecule has 4 aromatic rings. The van der Waals surface area contributed by atoms with Gasteiger partial charge in [-0.2, -0.15) is 5.10 Å². The standard InChI is InChI=1S/C20H19FN6O/c1-12-11-17(25-24-12)22-18-16-3-2-10-27(16)26-19(23-18)20(28,13-4-5-13)14-6-8-15(21)9-7-14/h2-3,6-11,13,28H,4-5H2,1H3,(H2,22,23,24,25,26). The molecule has 0 spiro atoms. The first-order valence-electron chi connectivity index (χ1n) is 9.17. The molecular weight excluding hydrogens is 359 g/mol. The minimum absolute atomic E-state index is 0.00792. The normalized spacial score (nSPS) is 16.2. The summed E-state index contributed by atoms with van der Waals surface area (Å²) in [5, 5.41) is 26.5. The summed E-state index contributed by atoms with van der Waals surface area (Å²) in [7, 11) is 0. The number of nitrogens with zero attached hydrogens (tertiary/aromatic N) is 4. The lowest BCUT2D eigenvalue weighted by atomic mass is 9.88. The summed E-state index contributed by atoms with van der Waals surface area (Å²) in [6.07, 6.45) is 3.53. The third kappa shape index (κ3) is 2.73. The maximum Gasteiger partial charge on any atom is 0.188 e. The highest BCUT2D eigenvalue weighted by Crippen LogP contribution is 2.48. The monoisotopic (exact) mass is 378 g/mol. The predicted molar refractivity (Wildman–Crippen MR) is 102 cm³/mol. The second-order valence-electron chi connectivity index (χ2n) is 7.23. The Morgan fingerprint density at radius 1 is 1.25 bits per heavy atom. The van der Waals surface area contributed by atoms with Crippen LogP contribution in [0.25, 0.3) is 5.52 Å². The third-order valence-electron chi connectivity index (χ3n) is 5.14. The van der Waals surface area contributed by atoms with Crippen molar-refractivity contribution in [3.63, 3.8) is 0 Å². The van der Waals surface area contributed by atoms with Gasteiger partial charge in [0.15, 0.2) is 23.1 Å². The van der Waals surface area contributed by atoms with Crippen molar-refractivity contribution in [2.75, 3.05) is 5.32 Å². The molecule has 3 heterocycles. The number of H-pyrrole nitrogens is 1. The fourth-order valence-electron chi connectivity index (χ4n) is 3.54. The molecule has 0 saturated heterocycles. The van der Waals surface area contributed by atoms with E-state index in [0.717, 1.165) is 24.1 Å². The third-order valence-corrected chi connectivity index (χ3v) is 5.14. The lowest BCUT2D eigenvalue weighted by Crippen LogP contribution is -2.33. The van der Waals surface area contributed by atoms with Gasteiger partial charge in [0.05, 0.1) is 0 Å². The quantitative estimate of drug-likeness (QED) is 0.496. The number of rotatable bonds is 5. The van der Waals surface area contributed by atoms with Crippen LogP contribution in [-0.2, 0) is 5.60 Å². The second kappa shape index (κ2) is 6.13. The fourth-order valence-corrected chi connectivity index (χ4v) is 3.54. The van der Waals surface area contributed by atoms with E-state index in [-0.39, 0.29) is 17.6 Å². The maximum absolute atomic E-state index is 13.4. The maximum atomic E-state index is 13.4. The van der Waals surface area contributed by atoms with Crippen LogP contribution in [0, 0.1) is 18.7 Å². The number of nitrogens with one attached hydrogen (secondary N) is 2. The van der Waals surface area contributed by atoms with Gasteiger partial charge in [-0.3, -0.25) is 5.10 Å². The van der Waals surface area contributed by atoms with E-state index in [1.807, 2.05) is 25.1 Å². The van der Waals surface area contributed by atoms with Crippen LogP contribution in [0.3, 0.4) is 0 Å². The van der Waals surface area contributed by atoms with Crippen molar-refractivity contribution in [3.8, 4) is 0 Å². The Kier molecular flexibility index (Phi) is 3.70. The molecule has 1 aliphatic rings. The van der Waals surface area contributed by atoms with Gasteiger partial charge in [-0.1, -0.05) is 12.1 Å². The van der Waals surface area contributed by atoms with E-state index in [9.17, 15) is 9.50 Å². The number of aromatic amines is 1. The number of hydrogen-bond donors (Lipinski definition) is 3. The van der Waals surface area contributed by atoms with Gasteiger partial charge in [0.25, 0.3) is 0 Å². The first-order valence-corrected chi connectivity index (χ1v) is 9.17. The summed E-state index contributed by atoms with van der Waals surface area (Å²) < 4.78 is 15.1. The lowest BCUT2D eigenvalue weighted by molar-refractivity contribution is 0.0459. The Morgan fingerprint density at radius 2 is 2.04 bits per heavy atom. The molecule has 1 atom stereocenters. The Hall–Kier alpha value is -3.26. The van der Waals surface area contributed by atoms with E-state index in [1.165, 1.54) is 12.1 Å². The van der Waals surface area contributed by atoms with E-state index in [0.29, 0.717) is 17.2 Å². The Labute approximate surface area is 160 Å². The minimum atomic E-state index is -1.38. The van der Waals surface area contributed by atoms with E-state index < -0.39 is 5.60 Å². The number of hydrogen-bond acceptors (Lipinski definition) is 5. The zero-order chi connectivity index (χ0) is 19.3. The highest BCUT2D eigenvalue weighted by Gasteiger charge is 2.49. The van der Waals surface area contributed by atoms with Crippen molar-refractivity contribution in [2.24, 2.45) is 5.92 Å². The van der Waals surface area contributed by atoms with E-state index >= 15 is 0 Å². The molecule has 5 rings (SSSR count). The van der Waals surface area contributed by atoms with Crippen LogP contribution in [0.2, 0.25) is 0 Å². The molecule has 1 aromatic carbocycles. The van der Waals surface area contributed by atoms with Crippen molar-refractivity contribution in [3.05, 3.63) is 71.6 Å². The molecule has 1 fully saturated rings. The molecule has 0 radical (unpaired) electrons. The number of aromatic nitrogens is 5. The van der Waals surface area contributed by atoms with Crippen molar-refractivity contribution < 1.29 is 9.50 Å². The molecule has 0 aliphatic heterocycles. The molecule has 1 unspecified atom stereocenters. The van der Waals surface area contributed by atoms with Crippen LogP contribution < -0.4 is 5.32 Å². The van der Waals surface area contributed by atoms with Crippen LogP contribution in [0.1, 0.15) is 29.9 Å². The first-order chi connectivity index (χ1) is 13.5. The first kappa shape index (κ1) is 16.9. The summed E-state index contributed by atoms with van der Waals surface area (Å²) >= 11 is 0. The molecule has 142 valence electrons. The van der Waals surface area contributed by atoms with Gasteiger partial charge in [-0.25, -0.2) is 13.9 Å². The minimum Gasteiger partial charge on any atom is -0.377 e. The molecule has 28 heavy (non-hydrogen) atoms. The van der Waals surface area contributed by atoms with Crippen LogP contribution in [0.15, 0.2) is 48.7 Å². The number of aryl methyl sites for hydroxylation is 1. The van der Waals surface area contributed by atoms with Gasteiger partial charge in [-0.05, 0) is 55.5 Å². The zero-order valence-electron chi connectivity index (χ0n) is 15.2. The molecule has 7 nitrogen and oxygen atoms in total. The van der Waals surface area contributed by atoms with Crippen LogP contribution in [0.5, 0.6) is 0 Å². The molecule has 3 aromatic heterocycles. The Balaban J connectivity index is 1.65. The average Bonchev–Trinajstić information content (AvgIpc) is 3.30. The number of benzene rings is 1. The summed E-state index contributed by atoms with van der Waals surface area (Å²) in [4.78, 5) is 4.67. The summed E-state index contributed by atoms with van der Waals surface area (Å²) in [5.41, 5.74) is 0.888. The van der Waals surface area contributed by atoms with Gasteiger partial charge in [0, 0.05) is 18.0 Å². The molecule has 1 aliphatic carbocycles. The van der Waals surface area contributed by atoms with Crippen LogP contribution in [-0.4, -0.2) is 29.9 Å². The summed E-state index contributed by atoms with van der Waals surface area (Å²) in [6.45, 7) is 1.91. The van der Waals surface area contributed by atoms with Crippen molar-refractivity contribution in [1.82, 2.24) is 24.8 Å². The van der Waals surface area contributed by atoms with Crippen LogP contribution in [0.4, 0.5) is 16.0 Å². The van der Waals surface area contributed by atoms with Gasteiger partial charge >= 0.3 is 0 Å². The van der Waals surface area contributed by atoms with Gasteiger partial charge in [0.1, 0.15) is 11.3 Å². The lowest BCUT2D eigenvalue weighted by Gasteiger charge is -2.27. The van der Waals surface area contributed by atoms with Crippen molar-refractivity contribution >= 4 is 17.2 Å². The number of fused-ring (bicyclic) bond motifs is 1. The predicted octanol–water partition coefficient (Wildman–Crippen LogP) is 3.29. The second-order valence-corrected chi connectivity index (χ2v) is 7.23. The molecular formula is C20H19FN6O. The Bertz CT molecular complexity index is 1150. The average molecular weight is 378 g/mol.